The minimum atomic E-state index is -0.220. The second-order valence-electron chi connectivity index (χ2n) is 5.94. The van der Waals surface area contributed by atoms with Gasteiger partial charge in [0.05, 0.1) is 23.9 Å². The first-order valence-electron chi connectivity index (χ1n) is 8.29. The zero-order chi connectivity index (χ0) is 18.8. The summed E-state index contributed by atoms with van der Waals surface area (Å²) in [4.78, 5) is 23.8. The summed E-state index contributed by atoms with van der Waals surface area (Å²) < 4.78 is 7.86. The fraction of sp³-hybridized carbons (Fsp3) is 0.158. The molecule has 3 aromatic heterocycles. The van der Waals surface area contributed by atoms with Gasteiger partial charge in [0.25, 0.3) is 5.91 Å². The minimum Gasteiger partial charge on any atom is -0.479 e. The molecule has 0 bridgehead atoms. The van der Waals surface area contributed by atoms with E-state index < -0.39 is 0 Å². The van der Waals surface area contributed by atoms with Crippen LogP contribution in [0.2, 0.25) is 0 Å². The van der Waals surface area contributed by atoms with Crippen molar-refractivity contribution in [2.45, 2.75) is 6.54 Å². The number of anilines is 1. The van der Waals surface area contributed by atoms with Crippen molar-refractivity contribution in [2.24, 2.45) is 7.05 Å². The van der Waals surface area contributed by atoms with E-state index in [1.807, 2.05) is 36.4 Å². The maximum Gasteiger partial charge on any atom is 0.267 e. The lowest BCUT2D eigenvalue weighted by Crippen LogP contribution is -2.30. The van der Waals surface area contributed by atoms with Crippen LogP contribution >= 0.6 is 11.3 Å². The molecule has 27 heavy (non-hydrogen) atoms. The van der Waals surface area contributed by atoms with Gasteiger partial charge in [-0.05, 0) is 23.8 Å². The van der Waals surface area contributed by atoms with E-state index in [2.05, 4.69) is 15.1 Å². The number of hydrogen-bond acceptors (Lipinski definition) is 6. The van der Waals surface area contributed by atoms with E-state index >= 15 is 0 Å². The van der Waals surface area contributed by atoms with Crippen molar-refractivity contribution >= 4 is 32.6 Å². The zero-order valence-electron chi connectivity index (χ0n) is 14.9. The lowest BCUT2D eigenvalue weighted by Gasteiger charge is -2.19. The molecule has 0 aliphatic rings. The van der Waals surface area contributed by atoms with Gasteiger partial charge in [-0.15, -0.1) is 5.10 Å². The molecule has 1 amide bonds. The predicted molar refractivity (Wildman–Crippen MR) is 104 cm³/mol. The number of carbonyl (C=O) groups excluding carboxylic acids is 1. The lowest BCUT2D eigenvalue weighted by molar-refractivity contribution is 0.0982. The van der Waals surface area contributed by atoms with Gasteiger partial charge >= 0.3 is 0 Å². The number of fused-ring (bicyclic) bond motifs is 1. The molecule has 7 nitrogen and oxygen atoms in total. The fourth-order valence-electron chi connectivity index (χ4n) is 2.79. The lowest BCUT2D eigenvalue weighted by atomic mass is 10.2. The fourth-order valence-corrected chi connectivity index (χ4v) is 3.75. The molecule has 0 unspecified atom stereocenters. The smallest absolute Gasteiger partial charge is 0.267 e. The largest absolute Gasteiger partial charge is 0.479 e. The number of aromatic nitrogens is 4. The molecule has 0 radical (unpaired) electrons. The molecule has 1 aromatic carbocycles. The molecule has 0 saturated carbocycles. The first kappa shape index (κ1) is 17.2. The van der Waals surface area contributed by atoms with E-state index in [0.29, 0.717) is 23.1 Å². The Morgan fingerprint density at radius 1 is 1.26 bits per heavy atom. The highest BCUT2D eigenvalue weighted by Gasteiger charge is 2.26. The van der Waals surface area contributed by atoms with Gasteiger partial charge in [0, 0.05) is 25.6 Å². The molecule has 136 valence electrons. The van der Waals surface area contributed by atoms with Crippen molar-refractivity contribution in [1.82, 2.24) is 19.7 Å². The van der Waals surface area contributed by atoms with E-state index in [4.69, 9.17) is 4.74 Å². The number of para-hydroxylation sites is 1. The second-order valence-corrected chi connectivity index (χ2v) is 6.95. The summed E-state index contributed by atoms with van der Waals surface area (Å²) in [6.45, 7) is 0.352. The van der Waals surface area contributed by atoms with E-state index in [0.717, 1.165) is 15.8 Å². The highest BCUT2D eigenvalue weighted by Crippen LogP contribution is 2.31. The van der Waals surface area contributed by atoms with Gasteiger partial charge in [-0.25, -0.2) is 4.98 Å². The molecule has 0 atom stereocenters. The summed E-state index contributed by atoms with van der Waals surface area (Å²) in [5, 5.41) is 4.81. The Bertz CT molecular complexity index is 1060. The number of rotatable bonds is 5. The SMILES string of the molecule is COc1nn(C)cc1C(=O)N(Cc1cccnc1)c1nc2ccccc2s1. The van der Waals surface area contributed by atoms with E-state index in [9.17, 15) is 4.79 Å². The molecule has 4 aromatic rings. The molecular formula is C19H17N5O2S. The number of pyridine rings is 1. The summed E-state index contributed by atoms with van der Waals surface area (Å²) in [7, 11) is 3.25. The van der Waals surface area contributed by atoms with Gasteiger partial charge in [0.15, 0.2) is 5.13 Å². The van der Waals surface area contributed by atoms with Gasteiger partial charge in [-0.2, -0.15) is 0 Å². The quantitative estimate of drug-likeness (QED) is 0.532. The van der Waals surface area contributed by atoms with Crippen molar-refractivity contribution in [3.8, 4) is 5.88 Å². The summed E-state index contributed by atoms with van der Waals surface area (Å²) in [5.41, 5.74) is 2.16. The average Bonchev–Trinajstić information content (AvgIpc) is 3.29. The number of aryl methyl sites for hydroxylation is 1. The maximum atomic E-state index is 13.4. The number of nitrogens with zero attached hydrogens (tertiary/aromatic N) is 5. The number of hydrogen-bond donors (Lipinski definition) is 0. The van der Waals surface area contributed by atoms with Crippen molar-refractivity contribution < 1.29 is 9.53 Å². The Morgan fingerprint density at radius 3 is 2.85 bits per heavy atom. The van der Waals surface area contributed by atoms with Crippen LogP contribution in [0.5, 0.6) is 5.88 Å². The highest BCUT2D eigenvalue weighted by molar-refractivity contribution is 7.22. The van der Waals surface area contributed by atoms with Gasteiger partial charge in [-0.1, -0.05) is 29.5 Å². The van der Waals surface area contributed by atoms with Crippen LogP contribution in [0, 0.1) is 0 Å². The van der Waals surface area contributed by atoms with Crippen LogP contribution in [0.1, 0.15) is 15.9 Å². The summed E-state index contributed by atoms with van der Waals surface area (Å²) >= 11 is 1.47. The van der Waals surface area contributed by atoms with Crippen LogP contribution < -0.4 is 9.64 Å². The van der Waals surface area contributed by atoms with E-state index in [1.54, 1.807) is 35.2 Å². The Morgan fingerprint density at radius 2 is 2.11 bits per heavy atom. The van der Waals surface area contributed by atoms with Gasteiger partial charge in [-0.3, -0.25) is 19.4 Å². The molecular weight excluding hydrogens is 362 g/mol. The third-order valence-electron chi connectivity index (χ3n) is 4.04. The maximum absolute atomic E-state index is 13.4. The number of methoxy groups -OCH3 is 1. The van der Waals surface area contributed by atoms with Crippen molar-refractivity contribution in [3.63, 3.8) is 0 Å². The van der Waals surface area contributed by atoms with Gasteiger partial charge in [0.2, 0.25) is 5.88 Å². The number of amides is 1. The topological polar surface area (TPSA) is 73.1 Å². The van der Waals surface area contributed by atoms with E-state index in [1.165, 1.54) is 18.4 Å². The molecule has 0 aliphatic heterocycles. The van der Waals surface area contributed by atoms with Crippen LogP contribution in [0.4, 0.5) is 5.13 Å². The van der Waals surface area contributed by atoms with Crippen LogP contribution in [0.15, 0.2) is 55.0 Å². The highest BCUT2D eigenvalue weighted by atomic mass is 32.1. The molecule has 3 heterocycles. The molecule has 4 rings (SSSR count). The van der Waals surface area contributed by atoms with Crippen LogP contribution in [0.3, 0.4) is 0 Å². The Hall–Kier alpha value is -3.26. The van der Waals surface area contributed by atoms with Crippen molar-refractivity contribution in [1.29, 1.82) is 0 Å². The van der Waals surface area contributed by atoms with Gasteiger partial charge in [0.1, 0.15) is 5.56 Å². The van der Waals surface area contributed by atoms with Crippen LogP contribution in [0.25, 0.3) is 10.2 Å². The molecule has 0 spiro atoms. The Balaban J connectivity index is 1.78. The molecule has 0 N–H and O–H groups in total. The second kappa shape index (κ2) is 7.16. The number of ether oxygens (including phenoxy) is 1. The average molecular weight is 379 g/mol. The first-order chi connectivity index (χ1) is 13.2. The molecule has 0 fully saturated rings. The standard InChI is InChI=1S/C19H17N5O2S/c1-23-12-14(17(22-23)26-2)18(25)24(11-13-6-5-9-20-10-13)19-21-15-7-3-4-8-16(15)27-19/h3-10,12H,11H2,1-2H3. The van der Waals surface area contributed by atoms with Crippen LogP contribution in [-0.2, 0) is 13.6 Å². The predicted octanol–water partition coefficient (Wildman–Crippen LogP) is 3.28. The first-order valence-corrected chi connectivity index (χ1v) is 9.11. The van der Waals surface area contributed by atoms with Crippen LogP contribution in [-0.4, -0.2) is 32.8 Å². The van der Waals surface area contributed by atoms with E-state index in [-0.39, 0.29) is 5.91 Å². The Kier molecular flexibility index (Phi) is 4.55. The summed E-state index contributed by atoms with van der Waals surface area (Å²) in [6.07, 6.45) is 5.11. The van der Waals surface area contributed by atoms with Gasteiger partial charge < -0.3 is 4.74 Å². The number of thiazole rings is 1. The third-order valence-corrected chi connectivity index (χ3v) is 5.10. The minimum absolute atomic E-state index is 0.220. The molecule has 0 aliphatic carbocycles. The molecule has 8 heteroatoms. The third kappa shape index (κ3) is 3.39. The normalized spacial score (nSPS) is 10.9. The monoisotopic (exact) mass is 379 g/mol. The Labute approximate surface area is 159 Å². The summed E-state index contributed by atoms with van der Waals surface area (Å²) in [6, 6.07) is 11.6. The van der Waals surface area contributed by atoms with Crippen molar-refractivity contribution in [3.05, 3.63) is 66.1 Å². The number of carbonyl (C=O) groups is 1. The number of benzene rings is 1. The molecule has 0 saturated heterocycles. The summed E-state index contributed by atoms with van der Waals surface area (Å²) in [5.74, 6) is 0.0719. The van der Waals surface area contributed by atoms with Crippen molar-refractivity contribution in [2.75, 3.05) is 12.0 Å². The zero-order valence-corrected chi connectivity index (χ0v) is 15.7.